The molecule has 1 aliphatic rings. The summed E-state index contributed by atoms with van der Waals surface area (Å²) in [6, 6.07) is -0.106. The molecule has 3 rings (SSSR count). The minimum atomic E-state index is -1.17. The maximum absolute atomic E-state index is 12.2. The molecule has 1 aliphatic carbocycles. The van der Waals surface area contributed by atoms with Gasteiger partial charge in [0.1, 0.15) is 5.69 Å². The Labute approximate surface area is 126 Å². The molecule has 0 aromatic carbocycles. The summed E-state index contributed by atoms with van der Waals surface area (Å²) in [7, 11) is 1.89. The number of hydrogen-bond acceptors (Lipinski definition) is 5. The van der Waals surface area contributed by atoms with E-state index < -0.39 is 5.97 Å². The molecule has 2 heterocycles. The van der Waals surface area contributed by atoms with Crippen LogP contribution >= 0.6 is 0 Å². The lowest BCUT2D eigenvalue weighted by atomic mass is 9.93. The molecule has 0 saturated heterocycles. The van der Waals surface area contributed by atoms with Crippen LogP contribution in [0.4, 0.5) is 0 Å². The van der Waals surface area contributed by atoms with Gasteiger partial charge in [-0.05, 0) is 19.3 Å². The van der Waals surface area contributed by atoms with Gasteiger partial charge in [-0.1, -0.05) is 0 Å². The average molecular weight is 301 g/mol. The van der Waals surface area contributed by atoms with Crippen molar-refractivity contribution in [3.63, 3.8) is 0 Å². The van der Waals surface area contributed by atoms with Gasteiger partial charge >= 0.3 is 5.97 Å². The van der Waals surface area contributed by atoms with Crippen molar-refractivity contribution in [2.75, 3.05) is 0 Å². The second kappa shape index (κ2) is 5.55. The number of carbonyl (C=O) groups excluding carboxylic acids is 1. The summed E-state index contributed by atoms with van der Waals surface area (Å²) in [6.45, 7) is 0. The molecular weight excluding hydrogens is 286 g/mol. The zero-order chi connectivity index (χ0) is 15.7. The number of amides is 1. The molecule has 1 unspecified atom stereocenters. The van der Waals surface area contributed by atoms with Crippen molar-refractivity contribution in [2.24, 2.45) is 7.05 Å². The Kier molecular flexibility index (Phi) is 3.58. The monoisotopic (exact) mass is 301 g/mol. The first-order valence-electron chi connectivity index (χ1n) is 6.93. The normalized spacial score (nSPS) is 16.9. The first kappa shape index (κ1) is 14.2. The molecule has 0 bridgehead atoms. The third-order valence-electron chi connectivity index (χ3n) is 3.78. The smallest absolute Gasteiger partial charge is 0.356 e. The molecule has 2 N–H and O–H groups in total. The number of fused-ring (bicyclic) bond motifs is 1. The number of rotatable bonds is 3. The van der Waals surface area contributed by atoms with Crippen molar-refractivity contribution in [1.82, 2.24) is 25.1 Å². The van der Waals surface area contributed by atoms with Gasteiger partial charge in [0.25, 0.3) is 5.91 Å². The van der Waals surface area contributed by atoms with Crippen molar-refractivity contribution >= 4 is 11.9 Å². The van der Waals surface area contributed by atoms with E-state index in [1.54, 1.807) is 6.20 Å². The number of nitrogens with zero attached hydrogens (tertiary/aromatic N) is 4. The van der Waals surface area contributed by atoms with Crippen molar-refractivity contribution in [3.05, 3.63) is 41.2 Å². The van der Waals surface area contributed by atoms with E-state index in [0.717, 1.165) is 36.7 Å². The summed E-state index contributed by atoms with van der Waals surface area (Å²) in [5.41, 5.74) is 2.06. The summed E-state index contributed by atoms with van der Waals surface area (Å²) in [5.74, 6) is -1.54. The number of carboxylic acid groups (broad SMARTS) is 1. The first-order chi connectivity index (χ1) is 10.6. The van der Waals surface area contributed by atoms with Crippen LogP contribution in [0.5, 0.6) is 0 Å². The van der Waals surface area contributed by atoms with Gasteiger partial charge < -0.3 is 10.4 Å². The molecule has 1 atom stereocenters. The third-order valence-corrected chi connectivity index (χ3v) is 3.78. The maximum Gasteiger partial charge on any atom is 0.356 e. The van der Waals surface area contributed by atoms with E-state index in [-0.39, 0.29) is 23.3 Å². The Morgan fingerprint density at radius 1 is 1.27 bits per heavy atom. The molecule has 114 valence electrons. The highest BCUT2D eigenvalue weighted by molar-refractivity contribution is 5.93. The highest BCUT2D eigenvalue weighted by atomic mass is 16.4. The van der Waals surface area contributed by atoms with E-state index in [1.807, 2.05) is 11.7 Å². The van der Waals surface area contributed by atoms with Gasteiger partial charge in [0.05, 0.1) is 24.6 Å². The Balaban J connectivity index is 1.76. The van der Waals surface area contributed by atoms with E-state index in [1.165, 1.54) is 6.20 Å². The molecule has 0 spiro atoms. The number of carbonyl (C=O) groups is 2. The maximum atomic E-state index is 12.2. The van der Waals surface area contributed by atoms with Crippen molar-refractivity contribution in [2.45, 2.75) is 25.3 Å². The molecule has 2 aromatic heterocycles. The van der Waals surface area contributed by atoms with Gasteiger partial charge in [-0.25, -0.2) is 14.8 Å². The Morgan fingerprint density at radius 2 is 2.00 bits per heavy atom. The van der Waals surface area contributed by atoms with Crippen molar-refractivity contribution in [3.8, 4) is 0 Å². The molecule has 22 heavy (non-hydrogen) atoms. The Morgan fingerprint density at radius 3 is 2.68 bits per heavy atom. The third kappa shape index (κ3) is 2.54. The zero-order valence-electron chi connectivity index (χ0n) is 12.0. The van der Waals surface area contributed by atoms with E-state index in [9.17, 15) is 9.59 Å². The fraction of sp³-hybridized carbons (Fsp3) is 0.357. The molecular formula is C14H15N5O3. The van der Waals surface area contributed by atoms with Gasteiger partial charge in [-0.3, -0.25) is 9.48 Å². The molecule has 0 aliphatic heterocycles. The van der Waals surface area contributed by atoms with Gasteiger partial charge in [0, 0.05) is 18.3 Å². The quantitative estimate of drug-likeness (QED) is 0.864. The summed E-state index contributed by atoms with van der Waals surface area (Å²) >= 11 is 0. The number of carboxylic acids is 1. The molecule has 8 nitrogen and oxygen atoms in total. The van der Waals surface area contributed by atoms with Gasteiger partial charge in [-0.2, -0.15) is 5.10 Å². The number of hydrogen-bond donors (Lipinski definition) is 2. The predicted molar refractivity (Wildman–Crippen MR) is 75.3 cm³/mol. The fourth-order valence-corrected chi connectivity index (χ4v) is 2.64. The molecule has 1 amide bonds. The number of nitrogens with one attached hydrogen (secondary N) is 1. The number of aromatic carboxylic acids is 1. The minimum Gasteiger partial charge on any atom is -0.476 e. The SMILES string of the molecule is Cn1ncc2c1CCCC2NC(=O)c1cnc(C(=O)O)cn1. The van der Waals surface area contributed by atoms with Crippen LogP contribution < -0.4 is 5.32 Å². The second-order valence-electron chi connectivity index (χ2n) is 5.18. The molecule has 0 radical (unpaired) electrons. The summed E-state index contributed by atoms with van der Waals surface area (Å²) < 4.78 is 1.83. The number of aryl methyl sites for hydroxylation is 1. The lowest BCUT2D eigenvalue weighted by Gasteiger charge is -2.23. The highest BCUT2D eigenvalue weighted by Gasteiger charge is 2.25. The van der Waals surface area contributed by atoms with Crippen LogP contribution in [-0.4, -0.2) is 36.7 Å². The molecule has 8 heteroatoms. The van der Waals surface area contributed by atoms with Gasteiger partial charge in [-0.15, -0.1) is 0 Å². The van der Waals surface area contributed by atoms with Crippen LogP contribution in [0.2, 0.25) is 0 Å². The Hall–Kier alpha value is -2.77. The van der Waals surface area contributed by atoms with Crippen LogP contribution in [0.15, 0.2) is 18.6 Å². The van der Waals surface area contributed by atoms with Crippen LogP contribution in [-0.2, 0) is 13.5 Å². The summed E-state index contributed by atoms with van der Waals surface area (Å²) in [5, 5.41) is 15.9. The van der Waals surface area contributed by atoms with Crippen molar-refractivity contribution < 1.29 is 14.7 Å². The first-order valence-corrected chi connectivity index (χ1v) is 6.93. The van der Waals surface area contributed by atoms with Crippen LogP contribution in [0.3, 0.4) is 0 Å². The molecule has 2 aromatic rings. The van der Waals surface area contributed by atoms with E-state index in [2.05, 4.69) is 20.4 Å². The standard InChI is InChI=1S/C14H15N5O3/c1-19-12-4-2-3-9(8(12)5-17-19)18-13(20)10-6-16-11(7-15-10)14(21)22/h5-7,9H,2-4H2,1H3,(H,18,20)(H,21,22). The predicted octanol–water partition coefficient (Wildman–Crippen LogP) is 0.716. The van der Waals surface area contributed by atoms with E-state index >= 15 is 0 Å². The topological polar surface area (TPSA) is 110 Å². The summed E-state index contributed by atoms with van der Waals surface area (Å²) in [4.78, 5) is 30.5. The molecule has 0 fully saturated rings. The van der Waals surface area contributed by atoms with Crippen molar-refractivity contribution in [1.29, 1.82) is 0 Å². The largest absolute Gasteiger partial charge is 0.476 e. The minimum absolute atomic E-state index is 0.0982. The second-order valence-corrected chi connectivity index (χ2v) is 5.18. The van der Waals surface area contributed by atoms with E-state index in [4.69, 9.17) is 5.11 Å². The highest BCUT2D eigenvalue weighted by Crippen LogP contribution is 2.29. The lowest BCUT2D eigenvalue weighted by molar-refractivity contribution is 0.0689. The average Bonchev–Trinajstić information content (AvgIpc) is 2.90. The zero-order valence-corrected chi connectivity index (χ0v) is 12.0. The van der Waals surface area contributed by atoms with Crippen LogP contribution in [0.1, 0.15) is 51.1 Å². The fourth-order valence-electron chi connectivity index (χ4n) is 2.64. The Bertz CT molecular complexity index is 723. The lowest BCUT2D eigenvalue weighted by Crippen LogP contribution is -2.31. The van der Waals surface area contributed by atoms with Crippen LogP contribution in [0.25, 0.3) is 0 Å². The molecule has 0 saturated carbocycles. The summed E-state index contributed by atoms with van der Waals surface area (Å²) in [6.07, 6.45) is 6.79. The number of aromatic nitrogens is 4. The van der Waals surface area contributed by atoms with Gasteiger partial charge in [0.2, 0.25) is 0 Å². The van der Waals surface area contributed by atoms with E-state index in [0.29, 0.717) is 0 Å². The van der Waals surface area contributed by atoms with Gasteiger partial charge in [0.15, 0.2) is 5.69 Å². The van der Waals surface area contributed by atoms with Crippen LogP contribution in [0, 0.1) is 0 Å².